The zero-order valence-electron chi connectivity index (χ0n) is 9.69. The summed E-state index contributed by atoms with van der Waals surface area (Å²) in [6.45, 7) is 2.41. The summed E-state index contributed by atoms with van der Waals surface area (Å²) in [4.78, 5) is 4.41. The molecule has 0 saturated carbocycles. The quantitative estimate of drug-likeness (QED) is 0.861. The Morgan fingerprint density at radius 2 is 2.00 bits per heavy atom. The van der Waals surface area contributed by atoms with Crippen LogP contribution in [0.5, 0.6) is 11.5 Å². The largest absolute Gasteiger partial charge is 0.454 e. The van der Waals surface area contributed by atoms with Gasteiger partial charge in [0.1, 0.15) is 5.82 Å². The topological polar surface area (TPSA) is 57.4 Å². The van der Waals surface area contributed by atoms with E-state index in [9.17, 15) is 0 Å². The fraction of sp³-hybridized carbons (Fsp3) is 0.308. The summed E-state index contributed by atoms with van der Waals surface area (Å²) >= 11 is 0. The number of hydrogen-bond donors (Lipinski definition) is 1. The van der Waals surface area contributed by atoms with Crippen LogP contribution < -0.4 is 15.2 Å². The second-order valence-electron chi connectivity index (χ2n) is 4.18. The van der Waals surface area contributed by atoms with E-state index >= 15 is 0 Å². The van der Waals surface area contributed by atoms with E-state index in [4.69, 9.17) is 15.2 Å². The molecule has 2 N–H and O–H groups in total. The fourth-order valence-corrected chi connectivity index (χ4v) is 2.09. The smallest absolute Gasteiger partial charge is 0.231 e. The molecule has 1 aliphatic heterocycles. The van der Waals surface area contributed by atoms with Crippen molar-refractivity contribution < 1.29 is 9.47 Å². The van der Waals surface area contributed by atoms with Crippen molar-refractivity contribution in [2.75, 3.05) is 12.5 Å². The Bertz CT molecular complexity index is 581. The molecule has 0 unspecified atom stereocenters. The second-order valence-corrected chi connectivity index (χ2v) is 4.18. The molecule has 4 nitrogen and oxygen atoms in total. The molecule has 0 bridgehead atoms. The van der Waals surface area contributed by atoms with Crippen molar-refractivity contribution in [2.24, 2.45) is 0 Å². The zero-order valence-corrected chi connectivity index (χ0v) is 9.69. The van der Waals surface area contributed by atoms with Crippen LogP contribution in [0.25, 0.3) is 10.9 Å². The number of ether oxygens (including phenoxy) is 2. The van der Waals surface area contributed by atoms with Crippen LogP contribution in [0.1, 0.15) is 18.9 Å². The van der Waals surface area contributed by atoms with Crippen LogP contribution in [-0.4, -0.2) is 11.8 Å². The molecule has 1 aliphatic rings. The summed E-state index contributed by atoms with van der Waals surface area (Å²) < 4.78 is 10.7. The first-order valence-electron chi connectivity index (χ1n) is 5.76. The van der Waals surface area contributed by atoms with Crippen LogP contribution in [0.15, 0.2) is 18.2 Å². The summed E-state index contributed by atoms with van der Waals surface area (Å²) in [5.41, 5.74) is 7.88. The van der Waals surface area contributed by atoms with Gasteiger partial charge in [-0.2, -0.15) is 0 Å². The van der Waals surface area contributed by atoms with Gasteiger partial charge in [0.2, 0.25) is 6.79 Å². The number of nitrogen functional groups attached to an aromatic ring is 1. The number of aromatic nitrogens is 1. The first-order chi connectivity index (χ1) is 8.28. The molecule has 0 spiro atoms. The lowest BCUT2D eigenvalue weighted by Gasteiger charge is -2.06. The molecule has 0 radical (unpaired) electrons. The van der Waals surface area contributed by atoms with Crippen molar-refractivity contribution in [3.63, 3.8) is 0 Å². The zero-order chi connectivity index (χ0) is 11.8. The Morgan fingerprint density at radius 1 is 1.24 bits per heavy atom. The van der Waals surface area contributed by atoms with Gasteiger partial charge in [-0.05, 0) is 24.1 Å². The molecule has 0 aliphatic carbocycles. The third-order valence-electron chi connectivity index (χ3n) is 2.94. The summed E-state index contributed by atoms with van der Waals surface area (Å²) in [6.07, 6.45) is 2.01. The lowest BCUT2D eigenvalue weighted by atomic mass is 10.1. The highest BCUT2D eigenvalue weighted by Crippen LogP contribution is 2.36. The van der Waals surface area contributed by atoms with Crippen molar-refractivity contribution in [1.29, 1.82) is 0 Å². The maximum Gasteiger partial charge on any atom is 0.231 e. The van der Waals surface area contributed by atoms with Crippen LogP contribution >= 0.6 is 0 Å². The number of aryl methyl sites for hydroxylation is 1. The van der Waals surface area contributed by atoms with E-state index in [0.29, 0.717) is 5.82 Å². The number of anilines is 1. The van der Waals surface area contributed by atoms with E-state index in [1.165, 1.54) is 0 Å². The Balaban J connectivity index is 2.18. The van der Waals surface area contributed by atoms with Crippen molar-refractivity contribution in [2.45, 2.75) is 19.8 Å². The Hall–Kier alpha value is -1.97. The lowest BCUT2D eigenvalue weighted by molar-refractivity contribution is 0.174. The molecule has 0 atom stereocenters. The number of nitrogens with two attached hydrogens (primary N) is 1. The van der Waals surface area contributed by atoms with E-state index in [1.54, 1.807) is 0 Å². The molecule has 17 heavy (non-hydrogen) atoms. The fourth-order valence-electron chi connectivity index (χ4n) is 2.09. The van der Waals surface area contributed by atoms with Crippen LogP contribution in [0.3, 0.4) is 0 Å². The van der Waals surface area contributed by atoms with Gasteiger partial charge in [0.25, 0.3) is 0 Å². The van der Waals surface area contributed by atoms with Crippen molar-refractivity contribution in [3.05, 3.63) is 23.8 Å². The summed E-state index contributed by atoms with van der Waals surface area (Å²) in [5, 5.41) is 1.05. The normalized spacial score (nSPS) is 13.2. The van der Waals surface area contributed by atoms with Gasteiger partial charge in [-0.3, -0.25) is 0 Å². The minimum absolute atomic E-state index is 0.281. The van der Waals surface area contributed by atoms with Crippen LogP contribution in [0.4, 0.5) is 5.82 Å². The molecule has 4 heteroatoms. The molecule has 1 aromatic heterocycles. The molecule has 3 rings (SSSR count). The average Bonchev–Trinajstić information content (AvgIpc) is 2.74. The maximum absolute atomic E-state index is 5.93. The van der Waals surface area contributed by atoms with Crippen molar-refractivity contribution >= 4 is 16.7 Å². The number of nitrogens with zero attached hydrogens (tertiary/aromatic N) is 1. The minimum atomic E-state index is 0.281. The predicted molar refractivity (Wildman–Crippen MR) is 66.3 cm³/mol. The third-order valence-corrected chi connectivity index (χ3v) is 2.94. The highest BCUT2D eigenvalue weighted by Gasteiger charge is 2.15. The second kappa shape index (κ2) is 3.80. The number of pyridine rings is 1. The van der Waals surface area contributed by atoms with E-state index in [2.05, 4.69) is 18.0 Å². The maximum atomic E-state index is 5.93. The van der Waals surface area contributed by atoms with Crippen molar-refractivity contribution in [3.8, 4) is 11.5 Å². The monoisotopic (exact) mass is 230 g/mol. The SMILES string of the molecule is CCCc1cc2cc3c(cc2nc1N)OCO3. The molecular weight excluding hydrogens is 216 g/mol. The molecular formula is C13H14N2O2. The van der Waals surface area contributed by atoms with Gasteiger partial charge in [-0.1, -0.05) is 13.3 Å². The first kappa shape index (κ1) is 10.2. The van der Waals surface area contributed by atoms with Gasteiger partial charge in [0.05, 0.1) is 5.52 Å². The highest BCUT2D eigenvalue weighted by molar-refractivity contribution is 5.85. The Morgan fingerprint density at radius 3 is 2.76 bits per heavy atom. The first-order valence-corrected chi connectivity index (χ1v) is 5.76. The summed E-state index contributed by atoms with van der Waals surface area (Å²) in [6, 6.07) is 5.93. The van der Waals surface area contributed by atoms with Crippen LogP contribution in [0, 0.1) is 0 Å². The van der Waals surface area contributed by atoms with E-state index in [0.717, 1.165) is 40.8 Å². The van der Waals surface area contributed by atoms with E-state index in [1.807, 2.05) is 12.1 Å². The Kier molecular flexibility index (Phi) is 2.28. The van der Waals surface area contributed by atoms with Gasteiger partial charge in [0.15, 0.2) is 11.5 Å². The van der Waals surface area contributed by atoms with Crippen molar-refractivity contribution in [1.82, 2.24) is 4.98 Å². The molecule has 0 amide bonds. The molecule has 0 fully saturated rings. The third kappa shape index (κ3) is 1.65. The van der Waals surface area contributed by atoms with Gasteiger partial charge in [-0.15, -0.1) is 0 Å². The van der Waals surface area contributed by atoms with Crippen LogP contribution in [-0.2, 0) is 6.42 Å². The predicted octanol–water partition coefficient (Wildman–Crippen LogP) is 2.50. The summed E-state index contributed by atoms with van der Waals surface area (Å²) in [5.74, 6) is 2.14. The van der Waals surface area contributed by atoms with E-state index < -0.39 is 0 Å². The highest BCUT2D eigenvalue weighted by atomic mass is 16.7. The van der Waals surface area contributed by atoms with E-state index in [-0.39, 0.29) is 6.79 Å². The average molecular weight is 230 g/mol. The molecule has 2 heterocycles. The minimum Gasteiger partial charge on any atom is -0.454 e. The van der Waals surface area contributed by atoms with Gasteiger partial charge in [-0.25, -0.2) is 4.98 Å². The molecule has 2 aromatic rings. The number of rotatable bonds is 2. The number of hydrogen-bond acceptors (Lipinski definition) is 4. The standard InChI is InChI=1S/C13H14N2O2/c1-2-3-8-4-9-5-11-12(17-7-16-11)6-10(9)15-13(8)14/h4-6H,2-3,7H2,1H3,(H2,14,15). The summed E-state index contributed by atoms with van der Waals surface area (Å²) in [7, 11) is 0. The van der Waals surface area contributed by atoms with Gasteiger partial charge >= 0.3 is 0 Å². The number of benzene rings is 1. The van der Waals surface area contributed by atoms with Gasteiger partial charge in [0, 0.05) is 11.5 Å². The molecule has 0 saturated heterocycles. The van der Waals surface area contributed by atoms with Gasteiger partial charge < -0.3 is 15.2 Å². The number of fused-ring (bicyclic) bond motifs is 2. The Labute approximate surface area is 99.4 Å². The molecule has 1 aromatic carbocycles. The van der Waals surface area contributed by atoms with Crippen LogP contribution in [0.2, 0.25) is 0 Å². The molecule has 88 valence electrons. The lowest BCUT2D eigenvalue weighted by Crippen LogP contribution is -1.98.